The largest absolute Gasteiger partial charge is 0.419 e. The molecule has 0 unspecified atom stereocenters. The lowest BCUT2D eigenvalue weighted by atomic mass is 10.2. The lowest BCUT2D eigenvalue weighted by molar-refractivity contribution is 0.411. The van der Waals surface area contributed by atoms with E-state index in [1.54, 1.807) is 6.92 Å². The Balaban J connectivity index is 2.10. The summed E-state index contributed by atoms with van der Waals surface area (Å²) in [6, 6.07) is 6.34. The van der Waals surface area contributed by atoms with Gasteiger partial charge in [0.15, 0.2) is 17.4 Å². The second-order valence-corrected chi connectivity index (χ2v) is 8.45. The molecule has 0 saturated heterocycles. The number of rotatable bonds is 7. The summed E-state index contributed by atoms with van der Waals surface area (Å²) in [6.07, 6.45) is 1.84. The summed E-state index contributed by atoms with van der Waals surface area (Å²) < 4.78 is 47.3. The minimum atomic E-state index is -3.72. The van der Waals surface area contributed by atoms with Gasteiger partial charge in [-0.25, -0.2) is 12.8 Å². The number of nitrogens with zero attached hydrogens (tertiary/aromatic N) is 4. The fraction of sp³-hybridized carbons (Fsp3) is 0.222. The Hall–Kier alpha value is -3.05. The molecule has 3 rings (SSSR count). The summed E-state index contributed by atoms with van der Waals surface area (Å²) in [5.74, 6) is -1.52. The van der Waals surface area contributed by atoms with Crippen LogP contribution in [0.4, 0.5) is 10.3 Å². The van der Waals surface area contributed by atoms with Crippen molar-refractivity contribution >= 4 is 27.6 Å². The fourth-order valence-corrected chi connectivity index (χ4v) is 3.64. The number of sulfonamides is 1. The van der Waals surface area contributed by atoms with Gasteiger partial charge in [0.05, 0.1) is 10.8 Å². The van der Waals surface area contributed by atoms with E-state index in [-0.39, 0.29) is 39.9 Å². The summed E-state index contributed by atoms with van der Waals surface area (Å²) in [5.41, 5.74) is 0.131. The van der Waals surface area contributed by atoms with Crippen LogP contribution in [0.3, 0.4) is 0 Å². The van der Waals surface area contributed by atoms with Gasteiger partial charge in [0.2, 0.25) is 21.5 Å². The van der Waals surface area contributed by atoms with Gasteiger partial charge in [-0.1, -0.05) is 24.6 Å². The molecule has 158 valence electrons. The Kier molecular flexibility index (Phi) is 6.32. The van der Waals surface area contributed by atoms with Crippen molar-refractivity contribution in [2.24, 2.45) is 7.05 Å². The van der Waals surface area contributed by atoms with Crippen molar-refractivity contribution in [1.82, 2.24) is 19.5 Å². The van der Waals surface area contributed by atoms with Crippen LogP contribution in [0.15, 0.2) is 41.3 Å². The third-order valence-corrected chi connectivity index (χ3v) is 5.53. The van der Waals surface area contributed by atoms with E-state index in [0.717, 1.165) is 6.07 Å². The fourth-order valence-electron chi connectivity index (χ4n) is 2.43. The van der Waals surface area contributed by atoms with Crippen LogP contribution in [0.25, 0.3) is 11.4 Å². The molecule has 30 heavy (non-hydrogen) atoms. The number of hydrogen-bond donors (Lipinski definition) is 1. The number of anilines is 1. The maximum atomic E-state index is 14.1. The molecule has 0 spiro atoms. The number of aryl methyl sites for hydroxylation is 1. The Morgan fingerprint density at radius 3 is 2.63 bits per heavy atom. The molecule has 1 N–H and O–H groups in total. The molecule has 0 radical (unpaired) electrons. The van der Waals surface area contributed by atoms with Gasteiger partial charge in [-0.2, -0.15) is 15.0 Å². The maximum Gasteiger partial charge on any atom is 0.327 e. The van der Waals surface area contributed by atoms with Gasteiger partial charge in [0, 0.05) is 24.9 Å². The van der Waals surface area contributed by atoms with Crippen LogP contribution < -0.4 is 15.0 Å². The zero-order valence-electron chi connectivity index (χ0n) is 16.0. The molecule has 1 aromatic carbocycles. The Morgan fingerprint density at radius 2 is 1.97 bits per heavy atom. The van der Waals surface area contributed by atoms with E-state index >= 15 is 0 Å². The normalized spacial score (nSPS) is 11.3. The summed E-state index contributed by atoms with van der Waals surface area (Å²) in [4.78, 5) is 23.8. The Morgan fingerprint density at radius 1 is 1.20 bits per heavy atom. The van der Waals surface area contributed by atoms with Crippen molar-refractivity contribution in [3.63, 3.8) is 0 Å². The average molecular weight is 454 g/mol. The zero-order valence-corrected chi connectivity index (χ0v) is 17.5. The summed E-state index contributed by atoms with van der Waals surface area (Å²) in [5, 5.41) is -0.0211. The standard InChI is InChI=1S/C18H17ClFN5O4S/c1-3-9-30(27,28)24-17-21-16(11-7-8-14(26)25(2)10-11)22-18(23-17)29-15-12(19)5-4-6-13(15)20/h4-8,10H,3,9H2,1-2H3,(H,21,22,23,24). The van der Waals surface area contributed by atoms with E-state index in [2.05, 4.69) is 19.7 Å². The molecular formula is C18H17ClFN5O4S. The van der Waals surface area contributed by atoms with Crippen LogP contribution in [-0.4, -0.2) is 33.7 Å². The molecule has 0 atom stereocenters. The first-order chi connectivity index (χ1) is 14.2. The Labute approximate surface area is 176 Å². The minimum absolute atomic E-state index is 0.0114. The highest BCUT2D eigenvalue weighted by Gasteiger charge is 2.18. The van der Waals surface area contributed by atoms with Crippen molar-refractivity contribution in [2.75, 3.05) is 10.5 Å². The number of aromatic nitrogens is 4. The first-order valence-corrected chi connectivity index (χ1v) is 10.8. The van der Waals surface area contributed by atoms with E-state index in [1.165, 1.54) is 42.1 Å². The average Bonchev–Trinajstić information content (AvgIpc) is 2.66. The van der Waals surface area contributed by atoms with Gasteiger partial charge in [0.25, 0.3) is 0 Å². The number of pyridine rings is 1. The number of nitrogens with one attached hydrogen (secondary N) is 1. The van der Waals surface area contributed by atoms with Gasteiger partial charge in [0.1, 0.15) is 0 Å². The smallest absolute Gasteiger partial charge is 0.327 e. The van der Waals surface area contributed by atoms with Crippen molar-refractivity contribution in [1.29, 1.82) is 0 Å². The topological polar surface area (TPSA) is 116 Å². The molecular weight excluding hydrogens is 437 g/mol. The lowest BCUT2D eigenvalue weighted by Gasteiger charge is -2.11. The maximum absolute atomic E-state index is 14.1. The lowest BCUT2D eigenvalue weighted by Crippen LogP contribution is -2.19. The summed E-state index contributed by atoms with van der Waals surface area (Å²) in [7, 11) is -2.18. The van der Waals surface area contributed by atoms with Crippen LogP contribution in [-0.2, 0) is 17.1 Å². The molecule has 0 fully saturated rings. The van der Waals surface area contributed by atoms with Crippen LogP contribution >= 0.6 is 11.6 Å². The second kappa shape index (κ2) is 8.76. The van der Waals surface area contributed by atoms with Gasteiger partial charge in [-0.05, 0) is 24.6 Å². The van der Waals surface area contributed by atoms with E-state index < -0.39 is 15.8 Å². The van der Waals surface area contributed by atoms with Gasteiger partial charge < -0.3 is 9.30 Å². The van der Waals surface area contributed by atoms with E-state index in [1.807, 2.05) is 0 Å². The molecule has 0 bridgehead atoms. The first-order valence-electron chi connectivity index (χ1n) is 8.74. The van der Waals surface area contributed by atoms with Gasteiger partial charge >= 0.3 is 6.01 Å². The monoisotopic (exact) mass is 453 g/mol. The molecule has 0 aliphatic heterocycles. The van der Waals surface area contributed by atoms with Crippen molar-refractivity contribution in [3.8, 4) is 23.1 Å². The number of para-hydroxylation sites is 1. The SMILES string of the molecule is CCCS(=O)(=O)Nc1nc(Oc2c(F)cccc2Cl)nc(-c2ccc(=O)n(C)c2)n1. The van der Waals surface area contributed by atoms with Crippen LogP contribution in [0, 0.1) is 5.82 Å². The quantitative estimate of drug-likeness (QED) is 0.584. The molecule has 9 nitrogen and oxygen atoms in total. The molecule has 0 amide bonds. The molecule has 0 saturated carbocycles. The number of benzene rings is 1. The van der Waals surface area contributed by atoms with E-state index in [9.17, 15) is 17.6 Å². The van der Waals surface area contributed by atoms with E-state index in [4.69, 9.17) is 16.3 Å². The van der Waals surface area contributed by atoms with Gasteiger partial charge in [-0.15, -0.1) is 0 Å². The molecule has 2 aromatic heterocycles. The van der Waals surface area contributed by atoms with Crippen molar-refractivity contribution in [2.45, 2.75) is 13.3 Å². The molecule has 2 heterocycles. The number of ether oxygens (including phenoxy) is 1. The highest BCUT2D eigenvalue weighted by atomic mass is 35.5. The highest BCUT2D eigenvalue weighted by Crippen LogP contribution is 2.31. The molecule has 3 aromatic rings. The van der Waals surface area contributed by atoms with Crippen molar-refractivity contribution < 1.29 is 17.5 Å². The first kappa shape index (κ1) is 21.7. The summed E-state index contributed by atoms with van der Waals surface area (Å²) in [6.45, 7) is 1.71. The molecule has 0 aliphatic carbocycles. The second-order valence-electron chi connectivity index (χ2n) is 6.21. The van der Waals surface area contributed by atoms with E-state index in [0.29, 0.717) is 12.0 Å². The minimum Gasteiger partial charge on any atom is -0.419 e. The highest BCUT2D eigenvalue weighted by molar-refractivity contribution is 7.92. The predicted molar refractivity (Wildman–Crippen MR) is 110 cm³/mol. The Bertz CT molecular complexity index is 1230. The third kappa shape index (κ3) is 5.10. The van der Waals surface area contributed by atoms with Crippen LogP contribution in [0.1, 0.15) is 13.3 Å². The number of hydrogen-bond acceptors (Lipinski definition) is 7. The van der Waals surface area contributed by atoms with Gasteiger partial charge in [-0.3, -0.25) is 9.52 Å². The van der Waals surface area contributed by atoms with Crippen molar-refractivity contribution in [3.05, 3.63) is 57.7 Å². The molecule has 12 heteroatoms. The zero-order chi connectivity index (χ0) is 21.9. The van der Waals surface area contributed by atoms with Crippen LogP contribution in [0.5, 0.6) is 11.8 Å². The number of halogens is 2. The van der Waals surface area contributed by atoms with Crippen LogP contribution in [0.2, 0.25) is 5.02 Å². The molecule has 0 aliphatic rings. The summed E-state index contributed by atoms with van der Waals surface area (Å²) >= 11 is 5.98. The third-order valence-electron chi connectivity index (χ3n) is 3.79. The predicted octanol–water partition coefficient (Wildman–Crippen LogP) is 2.97.